The molecule has 3 rings (SSSR count). The van der Waals surface area contributed by atoms with Crippen molar-refractivity contribution in [1.29, 1.82) is 0 Å². The number of nitrogens with two attached hydrogens (primary N) is 1. The molecule has 1 atom stereocenters. The van der Waals surface area contributed by atoms with E-state index >= 15 is 0 Å². The Balaban J connectivity index is 0.00000225. The second-order valence-electron chi connectivity index (χ2n) is 6.55. The highest BCUT2D eigenvalue weighted by Gasteiger charge is 2.16. The number of hydrogen-bond acceptors (Lipinski definition) is 3. The van der Waals surface area contributed by atoms with Crippen LogP contribution in [0.2, 0.25) is 0 Å². The third-order valence-electron chi connectivity index (χ3n) is 4.44. The van der Waals surface area contributed by atoms with Crippen LogP contribution in [-0.4, -0.2) is 23.0 Å². The fraction of sp³-hybridized carbons (Fsp3) is 0.136. The molecule has 8 heteroatoms. The number of benzene rings is 2. The van der Waals surface area contributed by atoms with Gasteiger partial charge in [0.1, 0.15) is 7.05 Å². The van der Waals surface area contributed by atoms with Gasteiger partial charge in [-0.3, -0.25) is 9.59 Å². The maximum Gasteiger partial charge on any atom is 0.305 e. The Hall–Kier alpha value is -2.93. The SMILES string of the molecule is C[n+]1ccc(C=Cc2ccc(NC(=O)[C@@H](N)CC(=O)O)cc2)c2ccccc21.Cl.[Cl-]. The van der Waals surface area contributed by atoms with Crippen molar-refractivity contribution in [2.75, 3.05) is 5.32 Å². The number of pyridine rings is 1. The van der Waals surface area contributed by atoms with Crippen LogP contribution in [-0.2, 0) is 16.6 Å². The molecule has 4 N–H and O–H groups in total. The van der Waals surface area contributed by atoms with E-state index in [0.29, 0.717) is 5.69 Å². The Morgan fingerprint density at radius 3 is 2.43 bits per heavy atom. The first-order valence-corrected chi connectivity index (χ1v) is 8.88. The smallest absolute Gasteiger partial charge is 0.305 e. The molecule has 1 amide bonds. The van der Waals surface area contributed by atoms with Gasteiger partial charge in [0.2, 0.25) is 11.4 Å². The number of carboxylic acids is 1. The number of fused-ring (bicyclic) bond motifs is 1. The van der Waals surface area contributed by atoms with Gasteiger partial charge in [-0.05, 0) is 29.3 Å². The van der Waals surface area contributed by atoms with E-state index < -0.39 is 24.3 Å². The van der Waals surface area contributed by atoms with E-state index in [0.717, 1.165) is 16.6 Å². The molecule has 0 spiro atoms. The van der Waals surface area contributed by atoms with Crippen LogP contribution in [0.15, 0.2) is 60.8 Å². The predicted molar refractivity (Wildman–Crippen MR) is 117 cm³/mol. The van der Waals surface area contributed by atoms with Gasteiger partial charge in [-0.1, -0.05) is 36.4 Å². The number of aliphatic carboxylic acids is 1. The maximum absolute atomic E-state index is 11.9. The van der Waals surface area contributed by atoms with Crippen LogP contribution in [0.5, 0.6) is 0 Å². The Labute approximate surface area is 187 Å². The maximum atomic E-state index is 11.9. The lowest BCUT2D eigenvalue weighted by molar-refractivity contribution is -0.644. The molecule has 1 aromatic heterocycles. The van der Waals surface area contributed by atoms with Gasteiger partial charge in [-0.2, -0.15) is 0 Å². The van der Waals surface area contributed by atoms with Gasteiger partial charge in [-0.15, -0.1) is 12.4 Å². The van der Waals surface area contributed by atoms with Crippen LogP contribution in [0.3, 0.4) is 0 Å². The number of amides is 1. The number of anilines is 1. The zero-order valence-electron chi connectivity index (χ0n) is 16.3. The average Bonchev–Trinajstić information content (AvgIpc) is 2.68. The molecule has 6 nitrogen and oxygen atoms in total. The summed E-state index contributed by atoms with van der Waals surface area (Å²) in [6.45, 7) is 0. The lowest BCUT2D eigenvalue weighted by atomic mass is 10.1. The molecule has 0 radical (unpaired) electrons. The van der Waals surface area contributed by atoms with Gasteiger partial charge in [0, 0.05) is 17.8 Å². The molecule has 2 aromatic carbocycles. The van der Waals surface area contributed by atoms with Crippen molar-refractivity contribution in [1.82, 2.24) is 0 Å². The van der Waals surface area contributed by atoms with Gasteiger partial charge in [0.05, 0.1) is 17.8 Å². The predicted octanol–water partition coefficient (Wildman–Crippen LogP) is 0.00100. The second kappa shape index (κ2) is 11.3. The first-order valence-electron chi connectivity index (χ1n) is 8.88. The quantitative estimate of drug-likeness (QED) is 0.463. The molecule has 3 aromatic rings. The summed E-state index contributed by atoms with van der Waals surface area (Å²) in [6.07, 6.45) is 5.68. The third kappa shape index (κ3) is 6.29. The summed E-state index contributed by atoms with van der Waals surface area (Å²) < 4.78 is 2.08. The lowest BCUT2D eigenvalue weighted by Gasteiger charge is -2.10. The average molecular weight is 448 g/mol. The normalized spacial score (nSPS) is 11.4. The van der Waals surface area contributed by atoms with E-state index in [2.05, 4.69) is 34.2 Å². The van der Waals surface area contributed by atoms with Crippen LogP contribution >= 0.6 is 12.4 Å². The topological polar surface area (TPSA) is 96.3 Å². The number of carbonyl (C=O) groups excluding carboxylic acids is 1. The van der Waals surface area contributed by atoms with E-state index in [4.69, 9.17) is 10.8 Å². The number of rotatable bonds is 6. The minimum absolute atomic E-state index is 0. The van der Waals surface area contributed by atoms with Gasteiger partial charge in [-0.25, -0.2) is 4.57 Å². The van der Waals surface area contributed by atoms with Gasteiger partial charge in [0.25, 0.3) is 0 Å². The van der Waals surface area contributed by atoms with Crippen molar-refractivity contribution < 1.29 is 31.7 Å². The van der Waals surface area contributed by atoms with Crippen LogP contribution < -0.4 is 28.0 Å². The molecule has 0 bridgehead atoms. The van der Waals surface area contributed by atoms with Crippen molar-refractivity contribution in [2.45, 2.75) is 12.5 Å². The highest BCUT2D eigenvalue weighted by atomic mass is 35.5. The minimum Gasteiger partial charge on any atom is -1.00 e. The molecule has 0 saturated heterocycles. The summed E-state index contributed by atoms with van der Waals surface area (Å²) in [4.78, 5) is 22.5. The fourth-order valence-electron chi connectivity index (χ4n) is 2.91. The molecular formula is C22H23Cl2N3O3. The first kappa shape index (κ1) is 25.1. The Morgan fingerprint density at radius 2 is 1.77 bits per heavy atom. The standard InChI is InChI=1S/C22H21N3O3.2ClH/c1-25-13-12-16(18-4-2-3-5-20(18)25)9-6-15-7-10-17(11-8-15)24-22(28)19(23)14-21(26)27;;/h2-13,19H,14,23H2,1H3,(H,26,27);2*1H/t19-;;/m0../s1. The summed E-state index contributed by atoms with van der Waals surface area (Å²) in [5, 5.41) is 12.5. The van der Waals surface area contributed by atoms with E-state index in [1.807, 2.05) is 43.6 Å². The monoisotopic (exact) mass is 447 g/mol. The lowest BCUT2D eigenvalue weighted by Crippen LogP contribution is -3.00. The summed E-state index contributed by atoms with van der Waals surface area (Å²) in [6, 6.07) is 16.5. The number of para-hydroxylation sites is 1. The Bertz CT molecular complexity index is 1050. The molecule has 0 unspecified atom stereocenters. The van der Waals surface area contributed by atoms with Crippen LogP contribution in [0.25, 0.3) is 23.1 Å². The highest BCUT2D eigenvalue weighted by Crippen LogP contribution is 2.18. The third-order valence-corrected chi connectivity index (χ3v) is 4.44. The number of carboxylic acid groups (broad SMARTS) is 1. The number of nitrogens with one attached hydrogen (secondary N) is 1. The largest absolute Gasteiger partial charge is 1.00 e. The van der Waals surface area contributed by atoms with Crippen molar-refractivity contribution in [3.8, 4) is 0 Å². The van der Waals surface area contributed by atoms with Crippen molar-refractivity contribution >= 4 is 53.0 Å². The molecule has 1 heterocycles. The Morgan fingerprint density at radius 1 is 1.10 bits per heavy atom. The van der Waals surface area contributed by atoms with Gasteiger partial charge < -0.3 is 28.6 Å². The molecule has 158 valence electrons. The van der Waals surface area contributed by atoms with E-state index in [9.17, 15) is 9.59 Å². The minimum atomic E-state index is -1.11. The number of carbonyl (C=O) groups is 2. The van der Waals surface area contributed by atoms with Gasteiger partial charge in [0.15, 0.2) is 6.20 Å². The van der Waals surface area contributed by atoms with Crippen LogP contribution in [0.1, 0.15) is 17.5 Å². The molecule has 30 heavy (non-hydrogen) atoms. The van der Waals surface area contributed by atoms with Crippen molar-refractivity contribution in [2.24, 2.45) is 12.8 Å². The summed E-state index contributed by atoms with van der Waals surface area (Å²) in [7, 11) is 2.02. The molecule has 0 aliphatic rings. The van der Waals surface area contributed by atoms with Crippen molar-refractivity contribution in [3.05, 3.63) is 71.9 Å². The fourth-order valence-corrected chi connectivity index (χ4v) is 2.91. The van der Waals surface area contributed by atoms with Gasteiger partial charge >= 0.3 is 5.97 Å². The number of aryl methyl sites for hydroxylation is 1. The number of aromatic nitrogens is 1. The molecule has 0 saturated carbocycles. The zero-order valence-corrected chi connectivity index (χ0v) is 17.9. The number of hydrogen-bond donors (Lipinski definition) is 3. The van der Waals surface area contributed by atoms with E-state index in [-0.39, 0.29) is 24.8 Å². The van der Waals surface area contributed by atoms with Crippen LogP contribution in [0, 0.1) is 0 Å². The number of halogens is 2. The summed E-state index contributed by atoms with van der Waals surface area (Å²) >= 11 is 0. The number of nitrogens with zero attached hydrogens (tertiary/aromatic N) is 1. The van der Waals surface area contributed by atoms with Crippen LogP contribution in [0.4, 0.5) is 5.69 Å². The zero-order chi connectivity index (χ0) is 20.1. The van der Waals surface area contributed by atoms with E-state index in [1.54, 1.807) is 12.1 Å². The molecule has 0 aliphatic heterocycles. The molecule has 0 aliphatic carbocycles. The first-order chi connectivity index (χ1) is 13.4. The second-order valence-corrected chi connectivity index (χ2v) is 6.55. The highest BCUT2D eigenvalue weighted by molar-refractivity contribution is 5.96. The Kier molecular flexibility index (Phi) is 9.46. The molecule has 0 fully saturated rings. The summed E-state index contributed by atoms with van der Waals surface area (Å²) in [5.41, 5.74) is 9.37. The summed E-state index contributed by atoms with van der Waals surface area (Å²) in [5.74, 6) is -1.63. The van der Waals surface area contributed by atoms with E-state index in [1.165, 1.54) is 5.39 Å². The molecular weight excluding hydrogens is 425 g/mol. The van der Waals surface area contributed by atoms with Crippen molar-refractivity contribution in [3.63, 3.8) is 0 Å².